The summed E-state index contributed by atoms with van der Waals surface area (Å²) in [6.07, 6.45) is -0.0461. The molecule has 0 spiro atoms. The number of hydrogen-bond donors (Lipinski definition) is 5. The van der Waals surface area contributed by atoms with Crippen molar-refractivity contribution in [2.24, 2.45) is 22.4 Å². The van der Waals surface area contributed by atoms with E-state index in [-0.39, 0.29) is 30.5 Å². The Kier molecular flexibility index (Phi) is 9.69. The summed E-state index contributed by atoms with van der Waals surface area (Å²) in [5.74, 6) is -1.88. The number of thiazole rings is 1. The third-order valence-corrected chi connectivity index (χ3v) is 4.84. The van der Waals surface area contributed by atoms with Crippen molar-refractivity contribution in [2.45, 2.75) is 65.1 Å². The minimum atomic E-state index is -1.17. The standard InChI is InChI=1S/C19H32N6O5S/c1-10(2)13(25-18(29)30-19(3,4)5)15-24-12(9-31-15)14(26)23-11(16(27)28)7-6-8-22-17(20)21/h9-11,13H,6-8H2,1-5H3,(H,23,26)(H,25,29)(H,27,28)(H4,20,21,22). The van der Waals surface area contributed by atoms with Crippen LogP contribution in [0.1, 0.15) is 69.0 Å². The lowest BCUT2D eigenvalue weighted by Gasteiger charge is -2.24. The largest absolute Gasteiger partial charge is 0.480 e. The number of aliphatic carboxylic acids is 1. The Morgan fingerprint density at radius 2 is 1.90 bits per heavy atom. The Morgan fingerprint density at radius 3 is 2.42 bits per heavy atom. The first-order chi connectivity index (χ1) is 14.3. The maximum Gasteiger partial charge on any atom is 0.408 e. The summed E-state index contributed by atoms with van der Waals surface area (Å²) in [6, 6.07) is -1.57. The molecule has 0 saturated carbocycles. The van der Waals surface area contributed by atoms with Gasteiger partial charge in [0.05, 0.1) is 6.04 Å². The molecule has 174 valence electrons. The van der Waals surface area contributed by atoms with Crippen LogP contribution in [0.4, 0.5) is 4.79 Å². The number of aliphatic imine (C=N–C) groups is 1. The molecule has 12 heteroatoms. The van der Waals surface area contributed by atoms with Gasteiger partial charge in [-0.1, -0.05) is 13.8 Å². The highest BCUT2D eigenvalue weighted by Gasteiger charge is 2.27. The summed E-state index contributed by atoms with van der Waals surface area (Å²) < 4.78 is 5.29. The van der Waals surface area contributed by atoms with Gasteiger partial charge >= 0.3 is 12.1 Å². The number of amides is 2. The van der Waals surface area contributed by atoms with Crippen LogP contribution in [0.2, 0.25) is 0 Å². The van der Waals surface area contributed by atoms with Crippen molar-refractivity contribution in [3.8, 4) is 0 Å². The van der Waals surface area contributed by atoms with Crippen LogP contribution in [-0.2, 0) is 9.53 Å². The third-order valence-electron chi connectivity index (χ3n) is 3.91. The van der Waals surface area contributed by atoms with Crippen molar-refractivity contribution >= 4 is 35.3 Å². The van der Waals surface area contributed by atoms with Gasteiger partial charge in [-0.3, -0.25) is 9.79 Å². The molecule has 0 radical (unpaired) electrons. The zero-order valence-corrected chi connectivity index (χ0v) is 19.3. The van der Waals surface area contributed by atoms with Crippen LogP contribution >= 0.6 is 11.3 Å². The molecule has 2 unspecified atom stereocenters. The molecule has 1 aromatic heterocycles. The molecule has 31 heavy (non-hydrogen) atoms. The monoisotopic (exact) mass is 456 g/mol. The number of carboxylic acid groups (broad SMARTS) is 1. The summed E-state index contributed by atoms with van der Waals surface area (Å²) >= 11 is 1.20. The molecule has 0 aromatic carbocycles. The number of nitrogens with one attached hydrogen (secondary N) is 2. The van der Waals surface area contributed by atoms with Crippen molar-refractivity contribution < 1.29 is 24.2 Å². The first kappa shape index (κ1) is 26.1. The highest BCUT2D eigenvalue weighted by Crippen LogP contribution is 2.25. The Labute approximate surface area is 185 Å². The molecule has 0 aliphatic heterocycles. The minimum Gasteiger partial charge on any atom is -0.480 e. The second-order valence-corrected chi connectivity index (χ2v) is 9.14. The fraction of sp³-hybridized carbons (Fsp3) is 0.632. The van der Waals surface area contributed by atoms with Crippen LogP contribution in [-0.4, -0.2) is 52.2 Å². The molecule has 1 rings (SSSR count). The van der Waals surface area contributed by atoms with Gasteiger partial charge in [-0.15, -0.1) is 11.3 Å². The predicted molar refractivity (Wildman–Crippen MR) is 118 cm³/mol. The molecule has 2 atom stereocenters. The SMILES string of the molecule is CC(C)C(NC(=O)OC(C)(C)C)c1nc(C(=O)NC(CCCN=C(N)N)C(=O)O)cs1. The van der Waals surface area contributed by atoms with Crippen LogP contribution < -0.4 is 22.1 Å². The van der Waals surface area contributed by atoms with E-state index in [1.807, 2.05) is 13.8 Å². The summed E-state index contributed by atoms with van der Waals surface area (Å²) in [4.78, 5) is 44.2. The summed E-state index contributed by atoms with van der Waals surface area (Å²) in [6.45, 7) is 9.35. The average molecular weight is 457 g/mol. The zero-order chi connectivity index (χ0) is 23.8. The number of carboxylic acids is 1. The quantitative estimate of drug-likeness (QED) is 0.200. The number of nitrogens with two attached hydrogens (primary N) is 2. The molecule has 11 nitrogen and oxygen atoms in total. The van der Waals surface area contributed by atoms with Gasteiger partial charge in [0.15, 0.2) is 5.96 Å². The van der Waals surface area contributed by atoms with Gasteiger partial charge in [0.1, 0.15) is 22.3 Å². The van der Waals surface area contributed by atoms with E-state index in [9.17, 15) is 19.5 Å². The van der Waals surface area contributed by atoms with Crippen molar-refractivity contribution in [3.05, 3.63) is 16.1 Å². The van der Waals surface area contributed by atoms with Crippen LogP contribution in [0.25, 0.3) is 0 Å². The maximum atomic E-state index is 12.5. The number of guanidine groups is 1. The first-order valence-electron chi connectivity index (χ1n) is 9.84. The van der Waals surface area contributed by atoms with Gasteiger partial charge in [-0.25, -0.2) is 14.6 Å². The fourth-order valence-corrected chi connectivity index (χ4v) is 3.50. The molecule has 1 heterocycles. The predicted octanol–water partition coefficient (Wildman–Crippen LogP) is 1.60. The van der Waals surface area contributed by atoms with E-state index in [2.05, 4.69) is 20.6 Å². The van der Waals surface area contributed by atoms with E-state index in [1.165, 1.54) is 16.7 Å². The number of aromatic nitrogens is 1. The number of carbonyl (C=O) groups is 3. The van der Waals surface area contributed by atoms with Crippen molar-refractivity contribution in [3.63, 3.8) is 0 Å². The Hall–Kier alpha value is -2.89. The molecule has 0 fully saturated rings. The highest BCUT2D eigenvalue weighted by atomic mass is 32.1. The maximum absolute atomic E-state index is 12.5. The zero-order valence-electron chi connectivity index (χ0n) is 18.5. The smallest absolute Gasteiger partial charge is 0.408 e. The molecule has 7 N–H and O–H groups in total. The van der Waals surface area contributed by atoms with Crippen LogP contribution in [0.5, 0.6) is 0 Å². The van der Waals surface area contributed by atoms with Gasteiger partial charge in [-0.05, 0) is 39.5 Å². The molecule has 1 aromatic rings. The van der Waals surface area contributed by atoms with Crippen LogP contribution in [0.15, 0.2) is 10.4 Å². The summed E-state index contributed by atoms with van der Waals surface area (Å²) in [5.41, 5.74) is 9.90. The Balaban J connectivity index is 2.82. The lowest BCUT2D eigenvalue weighted by Crippen LogP contribution is -2.41. The third kappa shape index (κ3) is 9.64. The highest BCUT2D eigenvalue weighted by molar-refractivity contribution is 7.09. The van der Waals surface area contributed by atoms with Gasteiger partial charge in [0.2, 0.25) is 0 Å². The minimum absolute atomic E-state index is 0.0168. The number of alkyl carbamates (subject to hydrolysis) is 1. The van der Waals surface area contributed by atoms with E-state index >= 15 is 0 Å². The number of carbonyl (C=O) groups excluding carboxylic acids is 2. The number of nitrogens with zero attached hydrogens (tertiary/aromatic N) is 2. The van der Waals surface area contributed by atoms with Crippen molar-refractivity contribution in [2.75, 3.05) is 6.54 Å². The second kappa shape index (κ2) is 11.5. The summed E-state index contributed by atoms with van der Waals surface area (Å²) in [7, 11) is 0. The number of hydrogen-bond acceptors (Lipinski definition) is 7. The van der Waals surface area contributed by atoms with Gasteiger partial charge in [0.25, 0.3) is 5.91 Å². The van der Waals surface area contributed by atoms with Gasteiger partial charge in [-0.2, -0.15) is 0 Å². The molecule has 2 amide bonds. The van der Waals surface area contributed by atoms with Gasteiger partial charge in [0, 0.05) is 11.9 Å². The van der Waals surface area contributed by atoms with E-state index in [4.69, 9.17) is 16.2 Å². The molecular formula is C19H32N6O5S. The molecule has 0 saturated heterocycles. The number of ether oxygens (including phenoxy) is 1. The first-order valence-corrected chi connectivity index (χ1v) is 10.7. The van der Waals surface area contributed by atoms with Crippen LogP contribution in [0, 0.1) is 5.92 Å². The lowest BCUT2D eigenvalue weighted by molar-refractivity contribution is -0.139. The normalized spacial score (nSPS) is 13.2. The van der Waals surface area contributed by atoms with E-state index in [0.29, 0.717) is 11.4 Å². The average Bonchev–Trinajstić information content (AvgIpc) is 3.09. The molecule has 0 aliphatic rings. The summed E-state index contributed by atoms with van der Waals surface area (Å²) in [5, 5.41) is 16.6. The topological polar surface area (TPSA) is 182 Å². The van der Waals surface area contributed by atoms with E-state index in [0.717, 1.165) is 0 Å². The van der Waals surface area contributed by atoms with Gasteiger partial charge < -0.3 is 31.9 Å². The van der Waals surface area contributed by atoms with E-state index in [1.54, 1.807) is 20.8 Å². The Morgan fingerprint density at radius 1 is 1.26 bits per heavy atom. The number of rotatable bonds is 10. The Bertz CT molecular complexity index is 798. The molecule has 0 aliphatic carbocycles. The second-order valence-electron chi connectivity index (χ2n) is 8.25. The lowest BCUT2D eigenvalue weighted by atomic mass is 10.1. The molecule has 0 bridgehead atoms. The van der Waals surface area contributed by atoms with E-state index < -0.39 is 35.7 Å². The van der Waals surface area contributed by atoms with Crippen molar-refractivity contribution in [1.82, 2.24) is 15.6 Å². The fourth-order valence-electron chi connectivity index (χ4n) is 2.48. The van der Waals surface area contributed by atoms with Crippen LogP contribution in [0.3, 0.4) is 0 Å². The van der Waals surface area contributed by atoms with Crippen molar-refractivity contribution in [1.29, 1.82) is 0 Å². The molecular weight excluding hydrogens is 424 g/mol.